The van der Waals surface area contributed by atoms with Crippen LogP contribution in [-0.2, 0) is 21.8 Å². The second-order valence-corrected chi connectivity index (χ2v) is 13.5. The molecule has 0 fully saturated rings. The van der Waals surface area contributed by atoms with Crippen LogP contribution in [0.15, 0.2) is 94.2 Å². The lowest BCUT2D eigenvalue weighted by Gasteiger charge is -2.25. The standard InChI is InChI=1S/C25H27N4O2PS2/c1-4-29(5-2)24(28-34(30,31)23-18-16-20(3)17-19-23)25(27-26)32(33,21-12-8-6-9-13-21)22-14-10-7-11-15-22/h6-19H,4-5H2,1-3H3/b28-24-. The van der Waals surface area contributed by atoms with E-state index in [2.05, 4.69) is 9.19 Å². The fraction of sp³-hybridized carbons (Fsp3) is 0.200. The second kappa shape index (κ2) is 11.0. The highest BCUT2D eigenvalue weighted by Gasteiger charge is 2.42. The van der Waals surface area contributed by atoms with Crippen LogP contribution in [0.3, 0.4) is 0 Å². The molecule has 9 heteroatoms. The van der Waals surface area contributed by atoms with E-state index in [0.717, 1.165) is 16.2 Å². The molecule has 0 amide bonds. The summed E-state index contributed by atoms with van der Waals surface area (Å²) < 4.78 is 30.9. The molecule has 3 aromatic carbocycles. The third-order valence-corrected chi connectivity index (χ3v) is 11.4. The van der Waals surface area contributed by atoms with Gasteiger partial charge in [-0.2, -0.15) is 13.2 Å². The van der Waals surface area contributed by atoms with Crippen LogP contribution in [0.4, 0.5) is 0 Å². The van der Waals surface area contributed by atoms with Crippen LogP contribution >= 0.6 is 6.04 Å². The summed E-state index contributed by atoms with van der Waals surface area (Å²) in [6.07, 6.45) is 0. The van der Waals surface area contributed by atoms with Crippen LogP contribution in [0.2, 0.25) is 0 Å². The number of amidine groups is 1. The number of nitrogens with zero attached hydrogens (tertiary/aromatic N) is 4. The molecule has 0 aliphatic heterocycles. The molecule has 6 nitrogen and oxygen atoms in total. The van der Waals surface area contributed by atoms with Gasteiger partial charge in [0.05, 0.1) is 4.90 Å². The van der Waals surface area contributed by atoms with Gasteiger partial charge in [0.25, 0.3) is 10.0 Å². The first kappa shape index (κ1) is 25.7. The lowest BCUT2D eigenvalue weighted by atomic mass is 10.2. The first-order chi connectivity index (χ1) is 16.3. The predicted octanol–water partition coefficient (Wildman–Crippen LogP) is 4.18. The van der Waals surface area contributed by atoms with Crippen molar-refractivity contribution in [2.75, 3.05) is 13.1 Å². The number of sulfonamides is 1. The van der Waals surface area contributed by atoms with Crippen LogP contribution < -0.4 is 10.6 Å². The van der Waals surface area contributed by atoms with E-state index in [1.807, 2.05) is 81.4 Å². The fourth-order valence-corrected chi connectivity index (χ4v) is 8.30. The van der Waals surface area contributed by atoms with E-state index >= 15 is 0 Å². The maximum atomic E-state index is 13.3. The maximum Gasteiger partial charge on any atom is 0.370 e. The van der Waals surface area contributed by atoms with Gasteiger partial charge in [0.1, 0.15) is 6.04 Å². The van der Waals surface area contributed by atoms with E-state index in [0.29, 0.717) is 13.1 Å². The van der Waals surface area contributed by atoms with E-state index in [-0.39, 0.29) is 16.2 Å². The third-order valence-electron chi connectivity index (χ3n) is 5.42. The molecule has 34 heavy (non-hydrogen) atoms. The Morgan fingerprint density at radius 2 is 1.38 bits per heavy atom. The van der Waals surface area contributed by atoms with Crippen molar-refractivity contribution in [1.29, 1.82) is 0 Å². The predicted molar refractivity (Wildman–Crippen MR) is 144 cm³/mol. The van der Waals surface area contributed by atoms with Crippen molar-refractivity contribution in [2.24, 2.45) is 4.40 Å². The molecule has 0 unspecified atom stereocenters. The van der Waals surface area contributed by atoms with E-state index in [1.165, 1.54) is 12.1 Å². The summed E-state index contributed by atoms with van der Waals surface area (Å²) >= 11 is 6.29. The van der Waals surface area contributed by atoms with Gasteiger partial charge < -0.3 is 10.4 Å². The van der Waals surface area contributed by atoms with Crippen LogP contribution in [0, 0.1) is 6.92 Å². The van der Waals surface area contributed by atoms with Gasteiger partial charge >= 0.3 is 5.45 Å². The SMILES string of the molecule is CCN(CC)/C(=N\S(=O)(=O)c1ccc(C)cc1)C(=[N+]=[N-])P(=S)(c1ccccc1)c1ccccc1. The number of rotatable bonds is 8. The van der Waals surface area contributed by atoms with Gasteiger partial charge in [-0.15, -0.1) is 4.40 Å². The van der Waals surface area contributed by atoms with Gasteiger partial charge in [-0.1, -0.05) is 90.2 Å². The molecule has 0 aliphatic rings. The molecular formula is C25H27N4O2PS2. The Labute approximate surface area is 206 Å². The zero-order valence-electron chi connectivity index (χ0n) is 19.4. The summed E-state index contributed by atoms with van der Waals surface area (Å²) in [7, 11) is -4.10. The topological polar surface area (TPSA) is 86.1 Å². The summed E-state index contributed by atoms with van der Waals surface area (Å²) in [5, 5.41) is 1.55. The van der Waals surface area contributed by atoms with E-state index in [1.54, 1.807) is 17.0 Å². The van der Waals surface area contributed by atoms with Gasteiger partial charge in [-0.25, -0.2) is 0 Å². The molecule has 0 saturated heterocycles. The molecule has 0 bridgehead atoms. The molecule has 0 radical (unpaired) electrons. The van der Waals surface area contributed by atoms with E-state index in [9.17, 15) is 13.9 Å². The minimum Gasteiger partial charge on any atom is -0.361 e. The molecule has 0 heterocycles. The third kappa shape index (κ3) is 5.26. The van der Waals surface area contributed by atoms with E-state index < -0.39 is 16.1 Å². The molecular weight excluding hydrogens is 483 g/mol. The lowest BCUT2D eigenvalue weighted by molar-refractivity contribution is 0.00239. The van der Waals surface area contributed by atoms with Crippen molar-refractivity contribution in [3.05, 3.63) is 96.0 Å². The smallest absolute Gasteiger partial charge is 0.361 e. The maximum absolute atomic E-state index is 13.3. The largest absolute Gasteiger partial charge is 0.370 e. The van der Waals surface area contributed by atoms with Gasteiger partial charge in [-0.3, -0.25) is 0 Å². The highest BCUT2D eigenvalue weighted by Crippen LogP contribution is 2.45. The summed E-state index contributed by atoms with van der Waals surface area (Å²) in [6, 6.07) is 22.3. The lowest BCUT2D eigenvalue weighted by Crippen LogP contribution is -2.40. The molecule has 0 atom stereocenters. The average Bonchev–Trinajstić information content (AvgIpc) is 2.86. The Morgan fingerprint density at radius 3 is 1.79 bits per heavy atom. The first-order valence-electron chi connectivity index (χ1n) is 10.9. The molecule has 0 saturated carbocycles. The van der Waals surface area contributed by atoms with Crippen molar-refractivity contribution in [3.8, 4) is 0 Å². The number of hydrogen-bond donors (Lipinski definition) is 0. The van der Waals surface area contributed by atoms with Crippen LogP contribution in [0.5, 0.6) is 0 Å². The zero-order valence-corrected chi connectivity index (χ0v) is 21.9. The Morgan fingerprint density at radius 1 is 0.912 bits per heavy atom. The monoisotopic (exact) mass is 510 g/mol. The molecule has 0 spiro atoms. The normalized spacial score (nSPS) is 12.1. The highest BCUT2D eigenvalue weighted by atomic mass is 32.4. The van der Waals surface area contributed by atoms with Crippen molar-refractivity contribution >= 4 is 49.8 Å². The highest BCUT2D eigenvalue weighted by molar-refractivity contribution is 8.30. The van der Waals surface area contributed by atoms with Crippen LogP contribution in [-0.4, -0.2) is 42.5 Å². The Bertz CT molecular complexity index is 1320. The zero-order chi connectivity index (χ0) is 24.8. The molecule has 0 aromatic heterocycles. The van der Waals surface area contributed by atoms with Crippen molar-refractivity contribution in [2.45, 2.75) is 25.7 Å². The fourth-order valence-electron chi connectivity index (χ4n) is 3.56. The number of benzene rings is 3. The van der Waals surface area contributed by atoms with Crippen LogP contribution in [0.1, 0.15) is 19.4 Å². The minimum atomic E-state index is -4.10. The van der Waals surface area contributed by atoms with Gasteiger partial charge in [0.2, 0.25) is 5.84 Å². The molecule has 3 rings (SSSR count). The Balaban J connectivity index is 2.33. The number of hydrogen-bond acceptors (Lipinski definition) is 3. The molecule has 3 aromatic rings. The van der Waals surface area contributed by atoms with Crippen molar-refractivity contribution in [1.82, 2.24) is 4.90 Å². The van der Waals surface area contributed by atoms with Gasteiger partial charge in [0, 0.05) is 23.7 Å². The van der Waals surface area contributed by atoms with Gasteiger partial charge in [0.15, 0.2) is 0 Å². The molecule has 0 N–H and O–H groups in total. The first-order valence-corrected chi connectivity index (χ1v) is 15.1. The Kier molecular flexibility index (Phi) is 8.34. The van der Waals surface area contributed by atoms with Crippen molar-refractivity contribution < 1.29 is 13.2 Å². The quantitative estimate of drug-likeness (QED) is 0.150. The summed E-state index contributed by atoms with van der Waals surface area (Å²) in [5.74, 6) is 0.0594. The summed E-state index contributed by atoms with van der Waals surface area (Å²) in [5.41, 5.74) is 11.4. The summed E-state index contributed by atoms with van der Waals surface area (Å²) in [6.45, 7) is 6.57. The summed E-state index contributed by atoms with van der Waals surface area (Å²) in [4.78, 5) is 5.47. The van der Waals surface area contributed by atoms with Crippen molar-refractivity contribution in [3.63, 3.8) is 0 Å². The van der Waals surface area contributed by atoms with E-state index in [4.69, 9.17) is 11.8 Å². The second-order valence-electron chi connectivity index (χ2n) is 7.58. The van der Waals surface area contributed by atoms with Gasteiger partial charge in [-0.05, 0) is 32.9 Å². The number of aryl methyl sites for hydroxylation is 1. The average molecular weight is 511 g/mol. The van der Waals surface area contributed by atoms with Crippen LogP contribution in [0.25, 0.3) is 5.53 Å². The molecule has 176 valence electrons. The minimum absolute atomic E-state index is 0.0594. The molecule has 0 aliphatic carbocycles. The Hall–Kier alpha value is -2.89.